The third kappa shape index (κ3) is 4.40. The zero-order valence-corrected chi connectivity index (χ0v) is 22.3. The van der Waals surface area contributed by atoms with Gasteiger partial charge in [0.15, 0.2) is 5.01 Å². The SMILES string of the molecule is N#Cc1ccc(CS(=O)(=O)N2CCC3=Cc4c(cnn4-c4ccccc4F)C[C@]3(C(=O)c3nccs3)C2)cc1. The van der Waals surface area contributed by atoms with Crippen molar-refractivity contribution < 1.29 is 17.6 Å². The number of fused-ring (bicyclic) bond motifs is 2. The van der Waals surface area contributed by atoms with E-state index in [1.807, 2.05) is 12.1 Å². The van der Waals surface area contributed by atoms with Crippen molar-refractivity contribution in [1.82, 2.24) is 19.1 Å². The summed E-state index contributed by atoms with van der Waals surface area (Å²) >= 11 is 1.22. The first-order chi connectivity index (χ1) is 18.8. The predicted octanol–water partition coefficient (Wildman–Crippen LogP) is 4.38. The van der Waals surface area contributed by atoms with Gasteiger partial charge in [0.1, 0.15) is 11.5 Å². The summed E-state index contributed by atoms with van der Waals surface area (Å²) in [6, 6.07) is 14.8. The molecule has 3 heterocycles. The number of rotatable bonds is 6. The van der Waals surface area contributed by atoms with Crippen LogP contribution in [0.3, 0.4) is 0 Å². The second-order valence-electron chi connectivity index (χ2n) is 9.66. The standard InChI is InChI=1S/C28H22FN5O3S2/c29-23-3-1-2-4-24(23)34-25-13-22-9-11-33(39(36,37)17-20-7-5-19(15-30)6-8-20)18-28(22,14-21(25)16-32-34)26(35)27-31-10-12-38-27/h1-8,10,12-13,16H,9,11,14,17-18H2/t28-/m0/s1. The van der Waals surface area contributed by atoms with Gasteiger partial charge in [-0.25, -0.2) is 22.5 Å². The lowest BCUT2D eigenvalue weighted by Gasteiger charge is -2.44. The van der Waals surface area contributed by atoms with Crippen molar-refractivity contribution in [2.45, 2.75) is 18.6 Å². The number of nitrogens with zero attached hydrogens (tertiary/aromatic N) is 5. The number of piperidine rings is 1. The molecule has 1 aliphatic carbocycles. The molecule has 11 heteroatoms. The van der Waals surface area contributed by atoms with Gasteiger partial charge in [-0.05, 0) is 54.3 Å². The molecule has 6 rings (SSSR count). The number of carbonyl (C=O) groups excluding carboxylic acids is 1. The summed E-state index contributed by atoms with van der Waals surface area (Å²) in [6.45, 7) is 0.181. The highest BCUT2D eigenvalue weighted by molar-refractivity contribution is 7.88. The molecule has 0 amide bonds. The Bertz CT molecular complexity index is 1760. The number of para-hydroxylation sites is 1. The van der Waals surface area contributed by atoms with Crippen LogP contribution in [0.25, 0.3) is 11.8 Å². The number of halogens is 1. The third-order valence-corrected chi connectivity index (χ3v) is 9.92. The zero-order chi connectivity index (χ0) is 27.2. The average Bonchev–Trinajstić information content (AvgIpc) is 3.62. The molecule has 2 aromatic carbocycles. The monoisotopic (exact) mass is 559 g/mol. The van der Waals surface area contributed by atoms with Crippen LogP contribution in [-0.4, -0.2) is 46.4 Å². The molecular weight excluding hydrogens is 537 g/mol. The molecule has 1 saturated heterocycles. The van der Waals surface area contributed by atoms with Crippen molar-refractivity contribution in [2.24, 2.45) is 5.41 Å². The van der Waals surface area contributed by atoms with E-state index in [4.69, 9.17) is 5.26 Å². The maximum atomic E-state index is 14.6. The minimum atomic E-state index is -3.78. The van der Waals surface area contributed by atoms with Crippen LogP contribution in [0.15, 0.2) is 71.9 Å². The molecule has 0 N–H and O–H groups in total. The van der Waals surface area contributed by atoms with Crippen molar-refractivity contribution in [3.8, 4) is 11.8 Å². The van der Waals surface area contributed by atoms with Crippen LogP contribution in [0.4, 0.5) is 4.39 Å². The summed E-state index contributed by atoms with van der Waals surface area (Å²) in [5, 5.41) is 15.5. The van der Waals surface area contributed by atoms with Gasteiger partial charge in [-0.1, -0.05) is 29.8 Å². The number of sulfonamides is 1. The minimum Gasteiger partial charge on any atom is -0.290 e. The van der Waals surface area contributed by atoms with Crippen LogP contribution in [-0.2, 0) is 22.2 Å². The maximum Gasteiger partial charge on any atom is 0.218 e. The topological polar surface area (TPSA) is 109 Å². The number of hydrogen-bond acceptors (Lipinski definition) is 7. The van der Waals surface area contributed by atoms with Crippen molar-refractivity contribution in [2.75, 3.05) is 13.1 Å². The van der Waals surface area contributed by atoms with Crippen molar-refractivity contribution in [3.63, 3.8) is 0 Å². The first kappa shape index (κ1) is 25.3. The van der Waals surface area contributed by atoms with Gasteiger partial charge in [-0.15, -0.1) is 11.3 Å². The number of benzene rings is 2. The fraction of sp³-hybridized carbons (Fsp3) is 0.214. The molecule has 0 radical (unpaired) electrons. The normalized spacial score (nSPS) is 19.0. The van der Waals surface area contributed by atoms with Crippen LogP contribution in [0, 0.1) is 22.6 Å². The molecule has 8 nitrogen and oxygen atoms in total. The van der Waals surface area contributed by atoms with Crippen LogP contribution >= 0.6 is 11.3 Å². The Morgan fingerprint density at radius 2 is 1.97 bits per heavy atom. The number of aromatic nitrogens is 3. The molecule has 1 atom stereocenters. The van der Waals surface area contributed by atoms with Crippen molar-refractivity contribution in [3.05, 3.63) is 105 Å². The highest BCUT2D eigenvalue weighted by Crippen LogP contribution is 2.47. The van der Waals surface area contributed by atoms with E-state index in [1.165, 1.54) is 26.4 Å². The highest BCUT2D eigenvalue weighted by atomic mass is 32.2. The lowest BCUT2D eigenvalue weighted by atomic mass is 9.66. The van der Waals surface area contributed by atoms with Gasteiger partial charge in [0.25, 0.3) is 0 Å². The van der Waals surface area contributed by atoms with E-state index in [0.717, 1.165) is 11.1 Å². The Morgan fingerprint density at radius 1 is 1.18 bits per heavy atom. The predicted molar refractivity (Wildman–Crippen MR) is 144 cm³/mol. The van der Waals surface area contributed by atoms with Gasteiger partial charge in [0, 0.05) is 24.7 Å². The molecule has 2 aromatic heterocycles. The molecule has 0 unspecified atom stereocenters. The van der Waals surface area contributed by atoms with E-state index in [9.17, 15) is 17.6 Å². The molecule has 0 saturated carbocycles. The van der Waals surface area contributed by atoms with Crippen LogP contribution in [0.5, 0.6) is 0 Å². The van der Waals surface area contributed by atoms with Crippen LogP contribution in [0.1, 0.15) is 38.6 Å². The smallest absolute Gasteiger partial charge is 0.218 e. The fourth-order valence-electron chi connectivity index (χ4n) is 5.39. The van der Waals surface area contributed by atoms with Crippen molar-refractivity contribution in [1.29, 1.82) is 5.26 Å². The highest BCUT2D eigenvalue weighted by Gasteiger charge is 2.51. The van der Waals surface area contributed by atoms with E-state index < -0.39 is 21.3 Å². The van der Waals surface area contributed by atoms with E-state index in [-0.39, 0.29) is 31.0 Å². The van der Waals surface area contributed by atoms with E-state index in [0.29, 0.717) is 33.9 Å². The van der Waals surface area contributed by atoms with E-state index >= 15 is 0 Å². The maximum absolute atomic E-state index is 14.6. The summed E-state index contributed by atoms with van der Waals surface area (Å²) in [7, 11) is -3.78. The average molecular weight is 560 g/mol. The Morgan fingerprint density at radius 3 is 2.69 bits per heavy atom. The molecule has 39 heavy (non-hydrogen) atoms. The van der Waals surface area contributed by atoms with Crippen LogP contribution < -0.4 is 0 Å². The van der Waals surface area contributed by atoms with Gasteiger partial charge in [-0.3, -0.25) is 4.79 Å². The fourth-order valence-corrected chi connectivity index (χ4v) is 7.64. The number of nitriles is 1. The quantitative estimate of drug-likeness (QED) is 0.324. The molecule has 2 aliphatic rings. The summed E-state index contributed by atoms with van der Waals surface area (Å²) in [5.41, 5.74) is 2.38. The third-order valence-electron chi connectivity index (χ3n) is 7.35. The Balaban J connectivity index is 1.39. The first-order valence-corrected chi connectivity index (χ1v) is 14.7. The van der Waals surface area contributed by atoms with E-state index in [2.05, 4.69) is 10.1 Å². The molecular formula is C28H22FN5O3S2. The van der Waals surface area contributed by atoms with Crippen LogP contribution in [0.2, 0.25) is 0 Å². The number of Topliss-reactive ketones (excluding diaryl/α,β-unsaturated/α-hetero) is 1. The molecule has 4 aromatic rings. The van der Waals surface area contributed by atoms with Crippen molar-refractivity contribution >= 4 is 33.2 Å². The van der Waals surface area contributed by atoms with E-state index in [1.54, 1.807) is 60.2 Å². The summed E-state index contributed by atoms with van der Waals surface area (Å²) in [6.07, 6.45) is 5.62. The second-order valence-corrected chi connectivity index (χ2v) is 12.5. The summed E-state index contributed by atoms with van der Waals surface area (Å²) < 4.78 is 44.7. The number of hydrogen-bond donors (Lipinski definition) is 0. The van der Waals surface area contributed by atoms with Gasteiger partial charge in [-0.2, -0.15) is 14.7 Å². The molecule has 1 aliphatic heterocycles. The molecule has 196 valence electrons. The van der Waals surface area contributed by atoms with Gasteiger partial charge in [0.2, 0.25) is 15.8 Å². The van der Waals surface area contributed by atoms with Gasteiger partial charge in [0.05, 0.1) is 34.7 Å². The number of ketones is 1. The molecule has 1 fully saturated rings. The largest absolute Gasteiger partial charge is 0.290 e. The van der Waals surface area contributed by atoms with Gasteiger partial charge >= 0.3 is 0 Å². The van der Waals surface area contributed by atoms with Gasteiger partial charge < -0.3 is 0 Å². The first-order valence-electron chi connectivity index (χ1n) is 12.2. The number of carbonyl (C=O) groups is 1. The molecule has 0 bridgehead atoms. The Kier molecular flexibility index (Phi) is 6.26. The zero-order valence-electron chi connectivity index (χ0n) is 20.6. The minimum absolute atomic E-state index is 0.0276. The summed E-state index contributed by atoms with van der Waals surface area (Å²) in [4.78, 5) is 18.3. The summed E-state index contributed by atoms with van der Waals surface area (Å²) in [5.74, 6) is -0.886. The Labute approximate surface area is 228 Å². The number of thiazole rings is 1. The lowest BCUT2D eigenvalue weighted by molar-refractivity contribution is 0.0775. The Hall–Kier alpha value is -3.98. The second kappa shape index (κ2) is 9.64. The molecule has 0 spiro atoms. The lowest BCUT2D eigenvalue weighted by Crippen LogP contribution is -2.53.